The fourth-order valence-corrected chi connectivity index (χ4v) is 2.13. The van der Waals surface area contributed by atoms with Crippen LogP contribution in [0.3, 0.4) is 0 Å². The third-order valence-corrected chi connectivity index (χ3v) is 3.06. The van der Waals surface area contributed by atoms with Gasteiger partial charge in [-0.2, -0.15) is 0 Å². The van der Waals surface area contributed by atoms with Gasteiger partial charge >= 0.3 is 0 Å². The maximum absolute atomic E-state index is 12.0. The van der Waals surface area contributed by atoms with E-state index in [0.29, 0.717) is 12.6 Å². The zero-order valence-electron chi connectivity index (χ0n) is 8.66. The van der Waals surface area contributed by atoms with Crippen LogP contribution in [0.15, 0.2) is 0 Å². The van der Waals surface area contributed by atoms with E-state index in [0.717, 1.165) is 32.7 Å². The summed E-state index contributed by atoms with van der Waals surface area (Å²) in [6.07, 6.45) is 0.898. The molecule has 0 aromatic rings. The van der Waals surface area contributed by atoms with Crippen molar-refractivity contribution in [1.29, 1.82) is 0 Å². The van der Waals surface area contributed by atoms with E-state index in [9.17, 15) is 4.79 Å². The molecular formula is C10H18N2O2. The molecule has 14 heavy (non-hydrogen) atoms. The van der Waals surface area contributed by atoms with Crippen LogP contribution in [0, 0.1) is 5.92 Å². The Morgan fingerprint density at radius 3 is 3.07 bits per heavy atom. The average molecular weight is 198 g/mol. The largest absolute Gasteiger partial charge is 0.381 e. The van der Waals surface area contributed by atoms with Gasteiger partial charge in [0.15, 0.2) is 0 Å². The Bertz CT molecular complexity index is 214. The lowest BCUT2D eigenvalue weighted by Crippen LogP contribution is -2.53. The molecule has 2 rings (SSSR count). The van der Waals surface area contributed by atoms with Crippen molar-refractivity contribution in [3.05, 3.63) is 0 Å². The topological polar surface area (TPSA) is 41.6 Å². The van der Waals surface area contributed by atoms with Gasteiger partial charge in [0.25, 0.3) is 0 Å². The Morgan fingerprint density at radius 1 is 1.57 bits per heavy atom. The molecule has 0 spiro atoms. The maximum Gasteiger partial charge on any atom is 0.228 e. The number of carbonyl (C=O) groups is 1. The normalized spacial score (nSPS) is 33.4. The van der Waals surface area contributed by atoms with E-state index in [2.05, 4.69) is 12.2 Å². The van der Waals surface area contributed by atoms with E-state index in [1.165, 1.54) is 0 Å². The molecule has 2 heterocycles. The van der Waals surface area contributed by atoms with Gasteiger partial charge in [-0.15, -0.1) is 0 Å². The second-order valence-electron chi connectivity index (χ2n) is 4.15. The second kappa shape index (κ2) is 4.28. The van der Waals surface area contributed by atoms with Crippen LogP contribution in [-0.2, 0) is 9.53 Å². The summed E-state index contributed by atoms with van der Waals surface area (Å²) in [5.74, 6) is 0.409. The first-order valence-electron chi connectivity index (χ1n) is 5.38. The number of amides is 1. The van der Waals surface area contributed by atoms with Crippen LogP contribution >= 0.6 is 0 Å². The third-order valence-electron chi connectivity index (χ3n) is 3.06. The smallest absolute Gasteiger partial charge is 0.228 e. The van der Waals surface area contributed by atoms with Crippen molar-refractivity contribution in [3.63, 3.8) is 0 Å². The van der Waals surface area contributed by atoms with Crippen LogP contribution < -0.4 is 5.32 Å². The summed E-state index contributed by atoms with van der Waals surface area (Å²) in [5, 5.41) is 3.28. The Labute approximate surface area is 84.6 Å². The number of ether oxygens (including phenoxy) is 1. The minimum Gasteiger partial charge on any atom is -0.381 e. The van der Waals surface area contributed by atoms with E-state index in [1.807, 2.05) is 4.90 Å². The molecule has 0 bridgehead atoms. The van der Waals surface area contributed by atoms with Crippen molar-refractivity contribution in [2.75, 3.05) is 32.8 Å². The first-order chi connectivity index (χ1) is 6.79. The number of hydrogen-bond acceptors (Lipinski definition) is 3. The first kappa shape index (κ1) is 9.93. The van der Waals surface area contributed by atoms with Crippen LogP contribution in [0.5, 0.6) is 0 Å². The average Bonchev–Trinajstić information content (AvgIpc) is 2.70. The molecule has 2 aliphatic rings. The van der Waals surface area contributed by atoms with Gasteiger partial charge in [0.05, 0.1) is 12.5 Å². The predicted molar refractivity (Wildman–Crippen MR) is 53.0 cm³/mol. The highest BCUT2D eigenvalue weighted by Gasteiger charge is 2.31. The first-order valence-corrected chi connectivity index (χ1v) is 5.38. The summed E-state index contributed by atoms with van der Waals surface area (Å²) in [6, 6.07) is 0.330. The number of hydrogen-bond donors (Lipinski definition) is 1. The van der Waals surface area contributed by atoms with Crippen molar-refractivity contribution >= 4 is 5.91 Å². The van der Waals surface area contributed by atoms with E-state index in [-0.39, 0.29) is 11.8 Å². The molecule has 2 atom stereocenters. The molecule has 80 valence electrons. The molecule has 0 radical (unpaired) electrons. The number of carbonyl (C=O) groups excluding carboxylic acids is 1. The Hall–Kier alpha value is -0.610. The Morgan fingerprint density at radius 2 is 2.43 bits per heavy atom. The number of nitrogens with one attached hydrogen (secondary N) is 1. The summed E-state index contributed by atoms with van der Waals surface area (Å²) in [4.78, 5) is 14.0. The molecule has 2 fully saturated rings. The van der Waals surface area contributed by atoms with E-state index in [4.69, 9.17) is 4.74 Å². The summed E-state index contributed by atoms with van der Waals surface area (Å²) >= 11 is 0. The van der Waals surface area contributed by atoms with Gasteiger partial charge in [0.1, 0.15) is 0 Å². The number of nitrogens with zero attached hydrogens (tertiary/aromatic N) is 1. The summed E-state index contributed by atoms with van der Waals surface area (Å²) in [6.45, 7) is 6.14. The highest BCUT2D eigenvalue weighted by Crippen LogP contribution is 2.17. The zero-order valence-corrected chi connectivity index (χ0v) is 8.66. The predicted octanol–water partition coefficient (Wildman–Crippen LogP) is -0.157. The summed E-state index contributed by atoms with van der Waals surface area (Å²) in [7, 11) is 0. The SMILES string of the molecule is CC1CNCCN1C(=O)C1CCOC1. The molecule has 2 saturated heterocycles. The van der Waals surface area contributed by atoms with E-state index < -0.39 is 0 Å². The molecule has 2 unspecified atom stereocenters. The molecule has 0 aromatic heterocycles. The maximum atomic E-state index is 12.0. The molecule has 2 aliphatic heterocycles. The molecule has 1 N–H and O–H groups in total. The summed E-state index contributed by atoms with van der Waals surface area (Å²) in [5.41, 5.74) is 0. The quantitative estimate of drug-likeness (QED) is 0.637. The van der Waals surface area contributed by atoms with Gasteiger partial charge in [0.2, 0.25) is 5.91 Å². The summed E-state index contributed by atoms with van der Waals surface area (Å²) < 4.78 is 5.24. The van der Waals surface area contributed by atoms with Crippen molar-refractivity contribution in [2.24, 2.45) is 5.92 Å². The molecule has 4 heteroatoms. The highest BCUT2D eigenvalue weighted by atomic mass is 16.5. The Balaban J connectivity index is 1.94. The highest BCUT2D eigenvalue weighted by molar-refractivity contribution is 5.79. The lowest BCUT2D eigenvalue weighted by atomic mass is 10.1. The van der Waals surface area contributed by atoms with Crippen LogP contribution in [0.4, 0.5) is 0 Å². The van der Waals surface area contributed by atoms with Crippen molar-refractivity contribution in [3.8, 4) is 0 Å². The van der Waals surface area contributed by atoms with Crippen molar-refractivity contribution in [2.45, 2.75) is 19.4 Å². The molecule has 0 aliphatic carbocycles. The Kier molecular flexibility index (Phi) is 3.03. The standard InChI is InChI=1S/C10H18N2O2/c1-8-6-11-3-4-12(8)10(13)9-2-5-14-7-9/h8-9,11H,2-7H2,1H3. The number of piperazine rings is 1. The van der Waals surface area contributed by atoms with E-state index >= 15 is 0 Å². The van der Waals surface area contributed by atoms with Gasteiger partial charge in [-0.25, -0.2) is 0 Å². The molecule has 4 nitrogen and oxygen atoms in total. The minimum atomic E-state index is 0.121. The monoisotopic (exact) mass is 198 g/mol. The minimum absolute atomic E-state index is 0.121. The molecule has 0 aromatic carbocycles. The van der Waals surface area contributed by atoms with Crippen molar-refractivity contribution < 1.29 is 9.53 Å². The van der Waals surface area contributed by atoms with Gasteiger partial charge in [0, 0.05) is 32.3 Å². The van der Waals surface area contributed by atoms with E-state index in [1.54, 1.807) is 0 Å². The fourth-order valence-electron chi connectivity index (χ4n) is 2.13. The third kappa shape index (κ3) is 1.91. The lowest BCUT2D eigenvalue weighted by Gasteiger charge is -2.35. The molecule has 1 amide bonds. The van der Waals surface area contributed by atoms with Crippen molar-refractivity contribution in [1.82, 2.24) is 10.2 Å². The van der Waals surface area contributed by atoms with Gasteiger partial charge in [-0.05, 0) is 13.3 Å². The lowest BCUT2D eigenvalue weighted by molar-refractivity contribution is -0.138. The van der Waals surface area contributed by atoms with Gasteiger partial charge in [-0.3, -0.25) is 4.79 Å². The molecular weight excluding hydrogens is 180 g/mol. The van der Waals surface area contributed by atoms with Crippen LogP contribution in [-0.4, -0.2) is 49.7 Å². The zero-order chi connectivity index (χ0) is 9.97. The molecule has 0 saturated carbocycles. The second-order valence-corrected chi connectivity index (χ2v) is 4.15. The van der Waals surface area contributed by atoms with Crippen LogP contribution in [0.1, 0.15) is 13.3 Å². The number of rotatable bonds is 1. The van der Waals surface area contributed by atoms with Crippen LogP contribution in [0.2, 0.25) is 0 Å². The van der Waals surface area contributed by atoms with Crippen LogP contribution in [0.25, 0.3) is 0 Å². The van der Waals surface area contributed by atoms with Gasteiger partial charge < -0.3 is 15.0 Å². The van der Waals surface area contributed by atoms with Gasteiger partial charge in [-0.1, -0.05) is 0 Å². The fraction of sp³-hybridized carbons (Fsp3) is 0.900.